The fourth-order valence-electron chi connectivity index (χ4n) is 5.25. The van der Waals surface area contributed by atoms with Gasteiger partial charge in [-0.25, -0.2) is 17.5 Å². The number of benzene rings is 2. The Balaban J connectivity index is 0.000000707. The Hall–Kier alpha value is -3.62. The molecule has 1 amide bonds. The SMILES string of the molecule is CCS(=O)(=O)N1CCC(c2c[nH]c3c(C(N)=O)cc(-c4ccc(OC)c(CNCC(C)(C)C)c4)cc23)CC1.O=C(O)C(F)(F)F. The highest BCUT2D eigenvalue weighted by molar-refractivity contribution is 7.89. The molecule has 2 aromatic carbocycles. The van der Waals surface area contributed by atoms with Crippen molar-refractivity contribution in [2.75, 3.05) is 32.5 Å². The van der Waals surface area contributed by atoms with Crippen LogP contribution in [0, 0.1) is 5.41 Å². The quantitative estimate of drug-likeness (QED) is 0.246. The van der Waals surface area contributed by atoms with Crippen LogP contribution in [0.1, 0.15) is 67.9 Å². The number of hydrogen-bond donors (Lipinski definition) is 4. The monoisotopic (exact) mass is 654 g/mol. The minimum absolute atomic E-state index is 0.117. The lowest BCUT2D eigenvalue weighted by molar-refractivity contribution is -0.192. The molecule has 1 aliphatic heterocycles. The van der Waals surface area contributed by atoms with Crippen molar-refractivity contribution in [2.24, 2.45) is 11.1 Å². The number of amides is 1. The predicted octanol–water partition coefficient (Wildman–Crippen LogP) is 5.24. The molecule has 0 aliphatic carbocycles. The van der Waals surface area contributed by atoms with Crippen molar-refractivity contribution in [3.05, 3.63) is 53.2 Å². The molecule has 14 heteroatoms. The zero-order valence-corrected chi connectivity index (χ0v) is 26.9. The van der Waals surface area contributed by atoms with E-state index < -0.39 is 28.1 Å². The van der Waals surface area contributed by atoms with E-state index in [0.29, 0.717) is 25.2 Å². The van der Waals surface area contributed by atoms with E-state index in [4.69, 9.17) is 20.4 Å². The van der Waals surface area contributed by atoms with Gasteiger partial charge >= 0.3 is 12.1 Å². The first-order chi connectivity index (χ1) is 20.9. The number of sulfonamides is 1. The molecule has 0 bridgehead atoms. The zero-order chi connectivity index (χ0) is 33.7. The van der Waals surface area contributed by atoms with E-state index in [9.17, 15) is 26.4 Å². The highest BCUT2D eigenvalue weighted by Crippen LogP contribution is 2.38. The Morgan fingerprint density at radius 1 is 1.11 bits per heavy atom. The molecule has 1 aromatic heterocycles. The normalized spacial score (nSPS) is 15.0. The van der Waals surface area contributed by atoms with Crippen molar-refractivity contribution in [3.63, 3.8) is 0 Å². The number of nitrogens with two attached hydrogens (primary N) is 1. The van der Waals surface area contributed by atoms with E-state index >= 15 is 0 Å². The second-order valence-corrected chi connectivity index (χ2v) is 14.4. The van der Waals surface area contributed by atoms with E-state index in [1.54, 1.807) is 18.3 Å². The lowest BCUT2D eigenvalue weighted by atomic mass is 9.88. The van der Waals surface area contributed by atoms with Gasteiger partial charge in [-0.1, -0.05) is 26.8 Å². The fraction of sp³-hybridized carbons (Fsp3) is 0.484. The van der Waals surface area contributed by atoms with Gasteiger partial charge in [0, 0.05) is 43.3 Å². The molecule has 4 rings (SSSR count). The number of carboxylic acid groups (broad SMARTS) is 1. The summed E-state index contributed by atoms with van der Waals surface area (Å²) in [4.78, 5) is 24.6. The number of aliphatic carboxylic acids is 1. The molecule has 1 saturated heterocycles. The number of primary amides is 1. The number of hydrogen-bond acceptors (Lipinski definition) is 6. The van der Waals surface area contributed by atoms with Gasteiger partial charge in [0.05, 0.1) is 23.9 Å². The molecular formula is C31H41F3N4O6S. The third-order valence-corrected chi connectivity index (χ3v) is 9.45. The molecule has 0 saturated carbocycles. The Morgan fingerprint density at radius 3 is 2.24 bits per heavy atom. The van der Waals surface area contributed by atoms with Gasteiger partial charge in [0.25, 0.3) is 5.91 Å². The predicted molar refractivity (Wildman–Crippen MR) is 167 cm³/mol. The number of ether oxygens (including phenoxy) is 1. The van der Waals surface area contributed by atoms with Crippen molar-refractivity contribution in [3.8, 4) is 16.9 Å². The number of alkyl halides is 3. The van der Waals surface area contributed by atoms with Crippen LogP contribution >= 0.6 is 0 Å². The molecule has 2 heterocycles. The number of carbonyl (C=O) groups excluding carboxylic acids is 1. The van der Waals surface area contributed by atoms with Crippen LogP contribution < -0.4 is 15.8 Å². The number of fused-ring (bicyclic) bond motifs is 1. The first kappa shape index (κ1) is 35.9. The number of nitrogens with zero attached hydrogens (tertiary/aromatic N) is 1. The summed E-state index contributed by atoms with van der Waals surface area (Å²) in [5.41, 5.74) is 11.1. The van der Waals surface area contributed by atoms with Crippen LogP contribution in [-0.2, 0) is 21.4 Å². The third-order valence-electron chi connectivity index (χ3n) is 7.57. The number of H-pyrrole nitrogens is 1. The van der Waals surface area contributed by atoms with Crippen molar-refractivity contribution in [1.82, 2.24) is 14.6 Å². The van der Waals surface area contributed by atoms with E-state index in [-0.39, 0.29) is 17.1 Å². The Bertz CT molecular complexity index is 1620. The number of aromatic amines is 1. The number of halogens is 3. The van der Waals surface area contributed by atoms with Gasteiger partial charge in [-0.2, -0.15) is 13.2 Å². The molecule has 0 spiro atoms. The lowest BCUT2D eigenvalue weighted by Gasteiger charge is -2.31. The summed E-state index contributed by atoms with van der Waals surface area (Å²) in [7, 11) is -1.52. The molecule has 0 unspecified atom stereocenters. The number of piperidine rings is 1. The highest BCUT2D eigenvalue weighted by atomic mass is 32.2. The Morgan fingerprint density at radius 2 is 1.73 bits per heavy atom. The topological polar surface area (TPSA) is 155 Å². The number of aromatic nitrogens is 1. The average molecular weight is 655 g/mol. The summed E-state index contributed by atoms with van der Waals surface area (Å²) in [5.74, 6) is -2.13. The molecule has 1 fully saturated rings. The number of nitrogens with one attached hydrogen (secondary N) is 2. The second-order valence-electron chi connectivity index (χ2n) is 12.1. The third kappa shape index (κ3) is 9.21. The molecule has 1 aliphatic rings. The maximum atomic E-state index is 12.5. The summed E-state index contributed by atoms with van der Waals surface area (Å²) >= 11 is 0. The minimum Gasteiger partial charge on any atom is -0.496 e. The van der Waals surface area contributed by atoms with Crippen LogP contribution in [0.4, 0.5) is 13.2 Å². The first-order valence-corrected chi connectivity index (χ1v) is 16.1. The maximum absolute atomic E-state index is 12.5. The summed E-state index contributed by atoms with van der Waals surface area (Å²) in [6.07, 6.45) is -1.67. The highest BCUT2D eigenvalue weighted by Gasteiger charge is 2.38. The van der Waals surface area contributed by atoms with E-state index in [2.05, 4.69) is 43.2 Å². The molecule has 10 nitrogen and oxygen atoms in total. The van der Waals surface area contributed by atoms with Crippen LogP contribution in [0.3, 0.4) is 0 Å². The number of methoxy groups -OCH3 is 1. The van der Waals surface area contributed by atoms with E-state index in [1.165, 1.54) is 0 Å². The number of rotatable bonds is 9. The van der Waals surface area contributed by atoms with Crippen molar-refractivity contribution < 1.29 is 41.0 Å². The van der Waals surface area contributed by atoms with Crippen LogP contribution in [0.5, 0.6) is 5.75 Å². The summed E-state index contributed by atoms with van der Waals surface area (Å²) < 4.78 is 63.6. The average Bonchev–Trinajstić information content (AvgIpc) is 3.40. The molecule has 45 heavy (non-hydrogen) atoms. The zero-order valence-electron chi connectivity index (χ0n) is 26.0. The standard InChI is InChI=1S/C29H40N4O4S.C2HF3O2/c1-6-38(35,36)33-11-9-19(10-12-33)25-17-32-27-23(25)14-21(15-24(27)28(30)34)20-7-8-26(37-5)22(13-20)16-31-18-29(2,3)4;3-2(4,5)1(6)7/h7-8,13-15,17,19,31-32H,6,9-12,16,18H2,1-5H3,(H2,30,34);(H,6,7). The van der Waals surface area contributed by atoms with Gasteiger partial charge in [-0.05, 0) is 72.1 Å². The largest absolute Gasteiger partial charge is 0.496 e. The van der Waals surface area contributed by atoms with Crippen molar-refractivity contribution >= 4 is 32.8 Å². The van der Waals surface area contributed by atoms with Gasteiger partial charge in [0.1, 0.15) is 5.75 Å². The maximum Gasteiger partial charge on any atom is 0.490 e. The summed E-state index contributed by atoms with van der Waals surface area (Å²) in [5, 5.41) is 11.6. The lowest BCUT2D eigenvalue weighted by Crippen LogP contribution is -2.38. The first-order valence-electron chi connectivity index (χ1n) is 14.5. The van der Waals surface area contributed by atoms with Gasteiger partial charge in [0.15, 0.2) is 0 Å². The van der Waals surface area contributed by atoms with Crippen LogP contribution in [-0.4, -0.2) is 73.4 Å². The fourth-order valence-corrected chi connectivity index (χ4v) is 6.38. The van der Waals surface area contributed by atoms with Gasteiger partial charge in [0.2, 0.25) is 10.0 Å². The molecule has 0 atom stereocenters. The van der Waals surface area contributed by atoms with Crippen LogP contribution in [0.15, 0.2) is 36.5 Å². The smallest absolute Gasteiger partial charge is 0.490 e. The molecular weight excluding hydrogens is 613 g/mol. The Kier molecular flexibility index (Phi) is 11.3. The second kappa shape index (κ2) is 14.2. The molecule has 248 valence electrons. The molecule has 0 radical (unpaired) electrons. The van der Waals surface area contributed by atoms with Crippen molar-refractivity contribution in [2.45, 2.75) is 59.2 Å². The number of carboxylic acids is 1. The molecule has 3 aromatic rings. The van der Waals surface area contributed by atoms with E-state index in [0.717, 1.165) is 58.3 Å². The van der Waals surface area contributed by atoms with Crippen LogP contribution in [0.25, 0.3) is 22.0 Å². The van der Waals surface area contributed by atoms with Gasteiger partial charge < -0.3 is 25.9 Å². The van der Waals surface area contributed by atoms with Crippen LogP contribution in [0.2, 0.25) is 0 Å². The van der Waals surface area contributed by atoms with Gasteiger partial charge in [-0.15, -0.1) is 0 Å². The van der Waals surface area contributed by atoms with Gasteiger partial charge in [-0.3, -0.25) is 4.79 Å². The Labute approximate surface area is 261 Å². The number of carbonyl (C=O) groups is 2. The summed E-state index contributed by atoms with van der Waals surface area (Å²) in [6, 6.07) is 10.0. The summed E-state index contributed by atoms with van der Waals surface area (Å²) in [6.45, 7) is 10.8. The minimum atomic E-state index is -5.08. The van der Waals surface area contributed by atoms with Crippen molar-refractivity contribution in [1.29, 1.82) is 0 Å². The molecule has 5 N–H and O–H groups in total. The van der Waals surface area contributed by atoms with E-state index in [1.807, 2.05) is 24.4 Å².